The second-order valence-electron chi connectivity index (χ2n) is 7.99. The number of rotatable bonds is 12. The molecule has 7 heteroatoms. The predicted octanol–water partition coefficient (Wildman–Crippen LogP) is 3.54. The fourth-order valence-corrected chi connectivity index (χ4v) is 3.50. The third-order valence-electron chi connectivity index (χ3n) is 5.43. The monoisotopic (exact) mass is 461 g/mol. The summed E-state index contributed by atoms with van der Waals surface area (Å²) in [6.07, 6.45) is -0.405. The van der Waals surface area contributed by atoms with Gasteiger partial charge in [0.2, 0.25) is 11.8 Å². The highest BCUT2D eigenvalue weighted by Crippen LogP contribution is 2.22. The van der Waals surface area contributed by atoms with Crippen LogP contribution in [0.4, 0.5) is 5.69 Å². The van der Waals surface area contributed by atoms with Crippen LogP contribution in [0.15, 0.2) is 78.9 Å². The first-order valence-corrected chi connectivity index (χ1v) is 11.3. The quantitative estimate of drug-likeness (QED) is 0.383. The van der Waals surface area contributed by atoms with Gasteiger partial charge in [0, 0.05) is 30.8 Å². The average molecular weight is 462 g/mol. The zero-order valence-corrected chi connectivity index (χ0v) is 19.3. The van der Waals surface area contributed by atoms with Gasteiger partial charge in [0.1, 0.15) is 18.5 Å². The van der Waals surface area contributed by atoms with E-state index in [0.717, 1.165) is 11.1 Å². The molecular weight excluding hydrogens is 430 g/mol. The van der Waals surface area contributed by atoms with Crippen molar-refractivity contribution >= 4 is 17.5 Å². The van der Waals surface area contributed by atoms with Gasteiger partial charge in [0.15, 0.2) is 0 Å². The van der Waals surface area contributed by atoms with Gasteiger partial charge in [-0.15, -0.1) is 0 Å². The number of likely N-dealkylation sites (N-methyl/N-ethyl adjacent to an activating group) is 1. The average Bonchev–Trinajstić information content (AvgIpc) is 2.86. The smallest absolute Gasteiger partial charge is 0.248 e. The number of nitrogens with zero attached hydrogens (tertiary/aromatic N) is 1. The molecule has 3 rings (SSSR count). The molecule has 0 spiro atoms. The van der Waals surface area contributed by atoms with E-state index in [1.165, 1.54) is 0 Å². The normalized spacial score (nSPS) is 11.7. The molecule has 1 atom stereocenters. The first kappa shape index (κ1) is 25.0. The minimum absolute atomic E-state index is 0.144. The van der Waals surface area contributed by atoms with Gasteiger partial charge in [-0.05, 0) is 54.1 Å². The molecule has 178 valence electrons. The number of hydrogen-bond donors (Lipinski definition) is 3. The van der Waals surface area contributed by atoms with E-state index in [9.17, 15) is 14.7 Å². The number of aliphatic hydroxyl groups is 1. The molecule has 4 N–H and O–H groups in total. The molecule has 0 heterocycles. The van der Waals surface area contributed by atoms with E-state index in [0.29, 0.717) is 36.6 Å². The number of ether oxygens (including phenoxy) is 1. The molecule has 0 aliphatic heterocycles. The van der Waals surface area contributed by atoms with Gasteiger partial charge in [0.25, 0.3) is 0 Å². The second kappa shape index (κ2) is 12.5. The summed E-state index contributed by atoms with van der Waals surface area (Å²) < 4.78 is 5.75. The summed E-state index contributed by atoms with van der Waals surface area (Å²) in [4.78, 5) is 25.4. The highest BCUT2D eigenvalue weighted by atomic mass is 16.5. The van der Waals surface area contributed by atoms with Gasteiger partial charge >= 0.3 is 0 Å². The molecule has 34 heavy (non-hydrogen) atoms. The SMILES string of the molecule is CCN(CCC(=O)Nc1ccc(C(N)=O)cc1)C[C@@H](O)COc1ccc(-c2ccccc2)cc1. The highest BCUT2D eigenvalue weighted by molar-refractivity contribution is 5.94. The fourth-order valence-electron chi connectivity index (χ4n) is 3.50. The highest BCUT2D eigenvalue weighted by Gasteiger charge is 2.13. The molecule has 2 amide bonds. The Kier molecular flexibility index (Phi) is 9.20. The van der Waals surface area contributed by atoms with Crippen LogP contribution >= 0.6 is 0 Å². The predicted molar refractivity (Wildman–Crippen MR) is 134 cm³/mol. The summed E-state index contributed by atoms with van der Waals surface area (Å²) in [5.41, 5.74) is 8.45. The largest absolute Gasteiger partial charge is 0.491 e. The molecular formula is C27H31N3O4. The van der Waals surface area contributed by atoms with Crippen molar-refractivity contribution in [2.75, 3.05) is 31.6 Å². The zero-order chi connectivity index (χ0) is 24.3. The van der Waals surface area contributed by atoms with Crippen molar-refractivity contribution in [3.63, 3.8) is 0 Å². The van der Waals surface area contributed by atoms with Crippen LogP contribution in [0.1, 0.15) is 23.7 Å². The molecule has 0 fully saturated rings. The third kappa shape index (κ3) is 7.72. The minimum atomic E-state index is -0.682. The Labute approximate surface area is 200 Å². The number of nitrogens with one attached hydrogen (secondary N) is 1. The van der Waals surface area contributed by atoms with Crippen molar-refractivity contribution in [2.45, 2.75) is 19.4 Å². The topological polar surface area (TPSA) is 105 Å². The Hall–Kier alpha value is -3.68. The molecule has 0 bridgehead atoms. The molecule has 0 aromatic heterocycles. The Morgan fingerprint density at radius 2 is 1.62 bits per heavy atom. The number of carbonyl (C=O) groups is 2. The maximum Gasteiger partial charge on any atom is 0.248 e. The lowest BCUT2D eigenvalue weighted by Crippen LogP contribution is -2.37. The Balaban J connectivity index is 1.40. The van der Waals surface area contributed by atoms with E-state index in [1.54, 1.807) is 24.3 Å². The van der Waals surface area contributed by atoms with E-state index in [-0.39, 0.29) is 18.9 Å². The van der Waals surface area contributed by atoms with E-state index >= 15 is 0 Å². The van der Waals surface area contributed by atoms with Gasteiger partial charge < -0.3 is 25.8 Å². The first-order chi connectivity index (χ1) is 16.4. The lowest BCUT2D eigenvalue weighted by molar-refractivity contribution is -0.116. The van der Waals surface area contributed by atoms with Gasteiger partial charge in [-0.25, -0.2) is 0 Å². The summed E-state index contributed by atoms with van der Waals surface area (Å²) in [6.45, 7) is 3.75. The number of benzene rings is 3. The van der Waals surface area contributed by atoms with Gasteiger partial charge in [-0.3, -0.25) is 9.59 Å². The first-order valence-electron chi connectivity index (χ1n) is 11.3. The molecule has 7 nitrogen and oxygen atoms in total. The van der Waals surface area contributed by atoms with Crippen molar-refractivity contribution in [3.8, 4) is 16.9 Å². The maximum absolute atomic E-state index is 12.3. The number of amides is 2. The summed E-state index contributed by atoms with van der Waals surface area (Å²) in [5, 5.41) is 13.2. The standard InChI is InChI=1S/C27H31N3O4/c1-2-30(17-16-26(32)29-23-12-8-22(9-13-23)27(28)33)18-24(31)19-34-25-14-10-21(11-15-25)20-6-4-3-5-7-20/h3-15,24,31H,2,16-19H2,1H3,(H2,28,33)(H,29,32)/t24-/m1/s1. The van der Waals surface area contributed by atoms with Crippen molar-refractivity contribution in [3.05, 3.63) is 84.4 Å². The summed E-state index contributed by atoms with van der Waals surface area (Å²) >= 11 is 0. The molecule has 0 radical (unpaired) electrons. The van der Waals surface area contributed by atoms with Crippen molar-refractivity contribution in [1.82, 2.24) is 4.90 Å². The van der Waals surface area contributed by atoms with Crippen LogP contribution in [0.5, 0.6) is 5.75 Å². The number of primary amides is 1. The van der Waals surface area contributed by atoms with Gasteiger partial charge in [-0.1, -0.05) is 49.4 Å². The van der Waals surface area contributed by atoms with E-state index in [1.807, 2.05) is 54.3 Å². The maximum atomic E-state index is 12.3. The number of aliphatic hydroxyl groups excluding tert-OH is 1. The van der Waals surface area contributed by atoms with Crippen molar-refractivity contribution in [1.29, 1.82) is 0 Å². The number of nitrogens with two attached hydrogens (primary N) is 1. The van der Waals surface area contributed by atoms with Crippen molar-refractivity contribution in [2.24, 2.45) is 5.73 Å². The zero-order valence-electron chi connectivity index (χ0n) is 19.3. The minimum Gasteiger partial charge on any atom is -0.491 e. The Bertz CT molecular complexity index is 1050. The molecule has 3 aromatic rings. The summed E-state index contributed by atoms with van der Waals surface area (Å²) in [5.74, 6) is 0.0428. The van der Waals surface area contributed by atoms with Crippen LogP contribution in [-0.2, 0) is 4.79 Å². The molecule has 0 aliphatic carbocycles. The Morgan fingerprint density at radius 3 is 2.24 bits per heavy atom. The van der Waals surface area contributed by atoms with Crippen LogP contribution in [-0.4, -0.2) is 54.2 Å². The molecule has 0 unspecified atom stereocenters. The lowest BCUT2D eigenvalue weighted by atomic mass is 10.1. The van der Waals surface area contributed by atoms with Crippen molar-refractivity contribution < 1.29 is 19.4 Å². The lowest BCUT2D eigenvalue weighted by Gasteiger charge is -2.23. The number of hydrogen-bond acceptors (Lipinski definition) is 5. The second-order valence-corrected chi connectivity index (χ2v) is 7.99. The van der Waals surface area contributed by atoms with E-state index in [4.69, 9.17) is 10.5 Å². The van der Waals surface area contributed by atoms with Gasteiger partial charge in [-0.2, -0.15) is 0 Å². The van der Waals surface area contributed by atoms with E-state index < -0.39 is 12.0 Å². The number of anilines is 1. The number of carbonyl (C=O) groups excluding carboxylic acids is 2. The molecule has 0 aliphatic rings. The van der Waals surface area contributed by atoms with Crippen LogP contribution in [0, 0.1) is 0 Å². The third-order valence-corrected chi connectivity index (χ3v) is 5.43. The summed E-state index contributed by atoms with van der Waals surface area (Å²) in [6, 6.07) is 24.3. The molecule has 3 aromatic carbocycles. The fraction of sp³-hybridized carbons (Fsp3) is 0.259. The van der Waals surface area contributed by atoms with Gasteiger partial charge in [0.05, 0.1) is 0 Å². The molecule has 0 saturated carbocycles. The van der Waals surface area contributed by atoms with Crippen LogP contribution in [0.2, 0.25) is 0 Å². The summed E-state index contributed by atoms with van der Waals surface area (Å²) in [7, 11) is 0. The molecule has 0 saturated heterocycles. The van der Waals surface area contributed by atoms with Crippen LogP contribution in [0.25, 0.3) is 11.1 Å². The van der Waals surface area contributed by atoms with E-state index in [2.05, 4.69) is 17.4 Å². The van der Waals surface area contributed by atoms with Crippen LogP contribution in [0.3, 0.4) is 0 Å². The van der Waals surface area contributed by atoms with Crippen LogP contribution < -0.4 is 15.8 Å². The Morgan fingerprint density at radius 1 is 0.971 bits per heavy atom.